The van der Waals surface area contributed by atoms with Gasteiger partial charge >= 0.3 is 0 Å². The average molecular weight is 665 g/mol. The summed E-state index contributed by atoms with van der Waals surface area (Å²) in [6.45, 7) is 0. The molecule has 4 heteroatoms. The lowest BCUT2D eigenvalue weighted by atomic mass is 9.93. The molecule has 0 aliphatic rings. The van der Waals surface area contributed by atoms with Gasteiger partial charge in [-0.25, -0.2) is 15.0 Å². The fourth-order valence-corrected chi connectivity index (χ4v) is 6.73. The van der Waals surface area contributed by atoms with Crippen LogP contribution in [0.15, 0.2) is 194 Å². The van der Waals surface area contributed by atoms with Gasteiger partial charge in [-0.2, -0.15) is 0 Å². The van der Waals surface area contributed by atoms with Gasteiger partial charge in [0, 0.05) is 33.8 Å². The normalized spacial score (nSPS) is 11.1. The highest BCUT2D eigenvalue weighted by molar-refractivity contribution is 5.95. The number of pyridine rings is 1. The molecule has 0 saturated heterocycles. The van der Waals surface area contributed by atoms with E-state index in [2.05, 4.69) is 146 Å². The van der Waals surface area contributed by atoms with Crippen LogP contribution in [0.5, 0.6) is 0 Å². The summed E-state index contributed by atoms with van der Waals surface area (Å²) in [6.07, 6.45) is 1.87. The third-order valence-corrected chi connectivity index (χ3v) is 9.34. The molecule has 0 N–H and O–H groups in total. The maximum Gasteiger partial charge on any atom is 0.164 e. The van der Waals surface area contributed by atoms with Crippen molar-refractivity contribution in [2.75, 3.05) is 0 Å². The maximum atomic E-state index is 5.12. The molecule has 7 aromatic carbocycles. The monoisotopic (exact) mass is 664 g/mol. The summed E-state index contributed by atoms with van der Waals surface area (Å²) < 4.78 is 0. The summed E-state index contributed by atoms with van der Waals surface area (Å²) in [4.78, 5) is 20.0. The number of hydrogen-bond donors (Lipinski definition) is 0. The van der Waals surface area contributed by atoms with Gasteiger partial charge in [0.1, 0.15) is 0 Å². The molecule has 0 unspecified atom stereocenters. The molecule has 0 amide bonds. The molecule has 0 radical (unpaired) electrons. The van der Waals surface area contributed by atoms with Crippen molar-refractivity contribution in [1.82, 2.24) is 19.9 Å². The number of nitrogens with zero attached hydrogens (tertiary/aromatic N) is 4. The Morgan fingerprint density at radius 2 is 0.673 bits per heavy atom. The second kappa shape index (κ2) is 13.7. The Balaban J connectivity index is 1.17. The van der Waals surface area contributed by atoms with Gasteiger partial charge < -0.3 is 0 Å². The van der Waals surface area contributed by atoms with Crippen LogP contribution in [0, 0.1) is 0 Å². The van der Waals surface area contributed by atoms with Crippen LogP contribution in [0.2, 0.25) is 0 Å². The van der Waals surface area contributed by atoms with Crippen LogP contribution in [0.3, 0.4) is 0 Å². The van der Waals surface area contributed by atoms with Crippen molar-refractivity contribution in [2.45, 2.75) is 0 Å². The number of fused-ring (bicyclic) bond motifs is 1. The first kappa shape index (κ1) is 31.0. The molecular formula is C48H32N4. The Hall–Kier alpha value is -7.04. The number of aromatic nitrogens is 4. The van der Waals surface area contributed by atoms with Crippen molar-refractivity contribution in [2.24, 2.45) is 0 Å². The van der Waals surface area contributed by atoms with Crippen LogP contribution in [0.25, 0.3) is 89.6 Å². The van der Waals surface area contributed by atoms with E-state index in [4.69, 9.17) is 19.9 Å². The van der Waals surface area contributed by atoms with Crippen LogP contribution in [0.4, 0.5) is 0 Å². The number of benzene rings is 7. The lowest BCUT2D eigenvalue weighted by molar-refractivity contribution is 1.07. The molecule has 0 aliphatic carbocycles. The summed E-state index contributed by atoms with van der Waals surface area (Å²) in [5.41, 5.74) is 11.6. The van der Waals surface area contributed by atoms with Gasteiger partial charge in [0.05, 0.1) is 5.69 Å². The highest BCUT2D eigenvalue weighted by Crippen LogP contribution is 2.35. The minimum Gasteiger partial charge on any atom is -0.256 e. The molecule has 2 heterocycles. The molecule has 0 saturated carbocycles. The Labute approximate surface area is 302 Å². The standard InChI is InChI=1S/C48H32N4/c1-4-14-33(15-5-1)41-30-42(34-16-6-2-7-17-34)32-43(31-41)37-21-12-23-39(28-37)47-50-46(36-19-8-3-9-20-36)51-48(52-47)40-24-13-22-38(29-40)45-44-25-11-10-18-35(44)26-27-49-45/h1-32H. The molecule has 4 nitrogen and oxygen atoms in total. The van der Waals surface area contributed by atoms with Gasteiger partial charge in [0.2, 0.25) is 0 Å². The fraction of sp³-hybridized carbons (Fsp3) is 0. The molecule has 0 spiro atoms. The van der Waals surface area contributed by atoms with Crippen molar-refractivity contribution in [3.63, 3.8) is 0 Å². The van der Waals surface area contributed by atoms with E-state index in [1.165, 1.54) is 11.1 Å². The van der Waals surface area contributed by atoms with Gasteiger partial charge in [0.25, 0.3) is 0 Å². The second-order valence-electron chi connectivity index (χ2n) is 12.7. The number of rotatable bonds is 7. The third-order valence-electron chi connectivity index (χ3n) is 9.34. The SMILES string of the molecule is c1ccc(-c2cc(-c3ccccc3)cc(-c3cccc(-c4nc(-c5ccccc5)nc(-c5cccc(-c6nccc7ccccc67)c5)n4)c3)c2)cc1. The molecule has 9 rings (SSSR count). The van der Waals surface area contributed by atoms with E-state index in [9.17, 15) is 0 Å². The summed E-state index contributed by atoms with van der Waals surface area (Å²) in [6, 6.07) is 65.2. The van der Waals surface area contributed by atoms with Gasteiger partial charge in [-0.05, 0) is 75.2 Å². The summed E-state index contributed by atoms with van der Waals surface area (Å²) in [5, 5.41) is 2.25. The minimum atomic E-state index is 0.605. The molecule has 52 heavy (non-hydrogen) atoms. The zero-order valence-corrected chi connectivity index (χ0v) is 28.3. The predicted molar refractivity (Wildman–Crippen MR) is 213 cm³/mol. The summed E-state index contributed by atoms with van der Waals surface area (Å²) in [7, 11) is 0. The first-order chi connectivity index (χ1) is 25.7. The van der Waals surface area contributed by atoms with Crippen LogP contribution >= 0.6 is 0 Å². The van der Waals surface area contributed by atoms with E-state index in [0.717, 1.165) is 61.0 Å². The van der Waals surface area contributed by atoms with E-state index >= 15 is 0 Å². The van der Waals surface area contributed by atoms with Crippen LogP contribution < -0.4 is 0 Å². The molecule has 2 aromatic heterocycles. The lowest BCUT2D eigenvalue weighted by Crippen LogP contribution is -2.00. The summed E-state index contributed by atoms with van der Waals surface area (Å²) >= 11 is 0. The van der Waals surface area contributed by atoms with Crippen LogP contribution in [-0.4, -0.2) is 19.9 Å². The third kappa shape index (κ3) is 6.26. The van der Waals surface area contributed by atoms with Crippen molar-refractivity contribution < 1.29 is 0 Å². The molecular weight excluding hydrogens is 633 g/mol. The minimum absolute atomic E-state index is 0.605. The molecule has 9 aromatic rings. The highest BCUT2D eigenvalue weighted by atomic mass is 15.0. The molecule has 244 valence electrons. The van der Waals surface area contributed by atoms with E-state index in [1.54, 1.807) is 0 Å². The number of hydrogen-bond acceptors (Lipinski definition) is 4. The predicted octanol–water partition coefficient (Wildman–Crippen LogP) is 12.1. The maximum absolute atomic E-state index is 5.12. The largest absolute Gasteiger partial charge is 0.256 e. The average Bonchev–Trinajstić information content (AvgIpc) is 3.24. The Kier molecular flexibility index (Phi) is 8.16. The Bertz CT molecular complexity index is 2610. The molecule has 0 atom stereocenters. The lowest BCUT2D eigenvalue weighted by Gasteiger charge is -2.13. The van der Waals surface area contributed by atoms with Crippen molar-refractivity contribution in [3.05, 3.63) is 194 Å². The van der Waals surface area contributed by atoms with Gasteiger partial charge in [-0.15, -0.1) is 0 Å². The zero-order chi connectivity index (χ0) is 34.7. The van der Waals surface area contributed by atoms with Crippen molar-refractivity contribution in [3.8, 4) is 78.8 Å². The zero-order valence-electron chi connectivity index (χ0n) is 28.3. The molecule has 0 bridgehead atoms. The Morgan fingerprint density at radius 1 is 0.269 bits per heavy atom. The van der Waals surface area contributed by atoms with Gasteiger partial charge in [0.15, 0.2) is 17.5 Å². The van der Waals surface area contributed by atoms with Crippen LogP contribution in [0.1, 0.15) is 0 Å². The second-order valence-corrected chi connectivity index (χ2v) is 12.7. The quantitative estimate of drug-likeness (QED) is 0.170. The Morgan fingerprint density at radius 3 is 1.27 bits per heavy atom. The van der Waals surface area contributed by atoms with E-state index in [1.807, 2.05) is 48.7 Å². The molecule has 0 fully saturated rings. The fourth-order valence-electron chi connectivity index (χ4n) is 6.73. The summed E-state index contributed by atoms with van der Waals surface area (Å²) in [5.74, 6) is 1.84. The van der Waals surface area contributed by atoms with Gasteiger partial charge in [-0.3, -0.25) is 4.98 Å². The first-order valence-corrected chi connectivity index (χ1v) is 17.4. The van der Waals surface area contributed by atoms with Crippen molar-refractivity contribution in [1.29, 1.82) is 0 Å². The van der Waals surface area contributed by atoms with E-state index in [-0.39, 0.29) is 0 Å². The van der Waals surface area contributed by atoms with E-state index in [0.29, 0.717) is 17.5 Å². The molecule has 0 aliphatic heterocycles. The van der Waals surface area contributed by atoms with Crippen molar-refractivity contribution >= 4 is 10.8 Å². The topological polar surface area (TPSA) is 51.6 Å². The smallest absolute Gasteiger partial charge is 0.164 e. The van der Waals surface area contributed by atoms with E-state index < -0.39 is 0 Å². The van der Waals surface area contributed by atoms with Gasteiger partial charge in [-0.1, -0.05) is 152 Å². The highest BCUT2D eigenvalue weighted by Gasteiger charge is 2.15. The van der Waals surface area contributed by atoms with Crippen LogP contribution in [-0.2, 0) is 0 Å². The first-order valence-electron chi connectivity index (χ1n) is 17.4.